The van der Waals surface area contributed by atoms with Crippen LogP contribution in [0.3, 0.4) is 0 Å². The van der Waals surface area contributed by atoms with Gasteiger partial charge in [0.2, 0.25) is 0 Å². The molecule has 0 saturated heterocycles. The number of rotatable bonds is 6. The van der Waals surface area contributed by atoms with E-state index in [2.05, 4.69) is 6.58 Å². The molecule has 0 unspecified atom stereocenters. The average Bonchev–Trinajstić information content (AvgIpc) is 2.87. The molecule has 2 rings (SSSR count). The second-order valence-corrected chi connectivity index (χ2v) is 7.34. The molecule has 1 saturated carbocycles. The highest BCUT2D eigenvalue weighted by Crippen LogP contribution is 2.42. The van der Waals surface area contributed by atoms with Gasteiger partial charge in [0.25, 0.3) is 10.1 Å². The first-order valence-electron chi connectivity index (χ1n) is 7.04. The summed E-state index contributed by atoms with van der Waals surface area (Å²) in [4.78, 5) is 0.231. The first-order valence-corrected chi connectivity index (χ1v) is 8.45. The van der Waals surface area contributed by atoms with Gasteiger partial charge in [-0.2, -0.15) is 8.42 Å². The normalized spacial score (nSPS) is 18.1. The van der Waals surface area contributed by atoms with E-state index in [1.165, 1.54) is 0 Å². The maximum atomic E-state index is 12.2. The monoisotopic (exact) mass is 294 g/mol. The van der Waals surface area contributed by atoms with Crippen molar-refractivity contribution in [2.45, 2.75) is 43.9 Å². The van der Waals surface area contributed by atoms with Crippen LogP contribution in [0.25, 0.3) is 0 Å². The minimum absolute atomic E-state index is 0.0421. The predicted molar refractivity (Wildman–Crippen MR) is 80.0 cm³/mol. The molecular formula is C16H22O3S. The molecule has 0 aliphatic heterocycles. The zero-order chi connectivity index (χ0) is 14.6. The molecule has 0 N–H and O–H groups in total. The zero-order valence-electron chi connectivity index (χ0n) is 12.0. The Morgan fingerprint density at radius 3 is 2.40 bits per heavy atom. The van der Waals surface area contributed by atoms with Crippen LogP contribution < -0.4 is 0 Å². The van der Waals surface area contributed by atoms with Crippen molar-refractivity contribution in [1.29, 1.82) is 0 Å². The molecule has 1 aliphatic rings. The summed E-state index contributed by atoms with van der Waals surface area (Å²) in [6.07, 6.45) is 7.00. The quantitative estimate of drug-likeness (QED) is 0.591. The lowest BCUT2D eigenvalue weighted by atomic mass is 9.84. The minimum atomic E-state index is -3.66. The highest BCUT2D eigenvalue weighted by atomic mass is 32.2. The summed E-state index contributed by atoms with van der Waals surface area (Å²) >= 11 is 0. The van der Waals surface area contributed by atoms with Crippen molar-refractivity contribution in [3.8, 4) is 0 Å². The molecule has 1 aromatic rings. The van der Waals surface area contributed by atoms with Crippen LogP contribution in [0.15, 0.2) is 41.8 Å². The summed E-state index contributed by atoms with van der Waals surface area (Å²) in [6, 6.07) is 6.76. The number of benzene rings is 1. The Morgan fingerprint density at radius 1 is 1.25 bits per heavy atom. The molecular weight excluding hydrogens is 272 g/mol. The van der Waals surface area contributed by atoms with Gasteiger partial charge in [-0.15, -0.1) is 6.58 Å². The molecule has 0 amide bonds. The second kappa shape index (κ2) is 6.10. The van der Waals surface area contributed by atoms with E-state index in [0.717, 1.165) is 37.7 Å². The average molecular weight is 294 g/mol. The Morgan fingerprint density at radius 2 is 1.85 bits per heavy atom. The van der Waals surface area contributed by atoms with E-state index in [0.29, 0.717) is 0 Å². The third kappa shape index (κ3) is 3.49. The minimum Gasteiger partial charge on any atom is -0.266 e. The molecule has 0 radical (unpaired) electrons. The van der Waals surface area contributed by atoms with E-state index in [1.54, 1.807) is 24.3 Å². The maximum absolute atomic E-state index is 12.2. The number of aryl methyl sites for hydroxylation is 1. The fraction of sp³-hybridized carbons (Fsp3) is 0.500. The molecule has 0 bridgehead atoms. The van der Waals surface area contributed by atoms with Crippen LogP contribution in [0.5, 0.6) is 0 Å². The molecule has 1 aliphatic carbocycles. The van der Waals surface area contributed by atoms with Gasteiger partial charge in [-0.05, 0) is 43.7 Å². The standard InChI is InChI=1S/C16H22O3S/c1-3-10-16(11-4-5-12-16)13-19-20(17,18)15-8-6-14(2)7-9-15/h3,6-9H,1,4-5,10-13H2,2H3. The van der Waals surface area contributed by atoms with E-state index in [9.17, 15) is 8.42 Å². The summed E-state index contributed by atoms with van der Waals surface area (Å²) in [5.74, 6) is 0. The van der Waals surface area contributed by atoms with E-state index < -0.39 is 10.1 Å². The Hall–Kier alpha value is -1.13. The Balaban J connectivity index is 2.08. The van der Waals surface area contributed by atoms with Crippen LogP contribution in [0, 0.1) is 12.3 Å². The summed E-state index contributed by atoms with van der Waals surface area (Å²) in [5.41, 5.74) is 0.988. The van der Waals surface area contributed by atoms with Gasteiger partial charge in [0.1, 0.15) is 0 Å². The lowest BCUT2D eigenvalue weighted by molar-refractivity contribution is 0.157. The number of allylic oxidation sites excluding steroid dienone is 1. The highest BCUT2D eigenvalue weighted by Gasteiger charge is 2.34. The summed E-state index contributed by atoms with van der Waals surface area (Å²) in [7, 11) is -3.66. The summed E-state index contributed by atoms with van der Waals surface area (Å²) in [6.45, 7) is 5.96. The molecule has 1 fully saturated rings. The van der Waals surface area contributed by atoms with Crippen molar-refractivity contribution in [3.05, 3.63) is 42.5 Å². The highest BCUT2D eigenvalue weighted by molar-refractivity contribution is 7.86. The van der Waals surface area contributed by atoms with Gasteiger partial charge >= 0.3 is 0 Å². The first-order chi connectivity index (χ1) is 9.47. The Kier molecular flexibility index (Phi) is 4.66. The van der Waals surface area contributed by atoms with E-state index in [-0.39, 0.29) is 16.9 Å². The number of hydrogen-bond acceptors (Lipinski definition) is 3. The Bertz CT molecular complexity index is 552. The van der Waals surface area contributed by atoms with Crippen LogP contribution in [-0.4, -0.2) is 15.0 Å². The van der Waals surface area contributed by atoms with E-state index in [4.69, 9.17) is 4.18 Å². The SMILES string of the molecule is C=CCC1(COS(=O)(=O)c2ccc(C)cc2)CCCC1. The number of hydrogen-bond donors (Lipinski definition) is 0. The smallest absolute Gasteiger partial charge is 0.266 e. The van der Waals surface area contributed by atoms with Crippen molar-refractivity contribution in [1.82, 2.24) is 0 Å². The van der Waals surface area contributed by atoms with Crippen molar-refractivity contribution < 1.29 is 12.6 Å². The van der Waals surface area contributed by atoms with Gasteiger partial charge < -0.3 is 0 Å². The molecule has 110 valence electrons. The van der Waals surface area contributed by atoms with Crippen molar-refractivity contribution in [2.75, 3.05) is 6.61 Å². The van der Waals surface area contributed by atoms with Crippen LogP contribution >= 0.6 is 0 Å². The van der Waals surface area contributed by atoms with Gasteiger partial charge in [0.05, 0.1) is 11.5 Å². The second-order valence-electron chi connectivity index (χ2n) is 5.73. The Labute approximate surface area is 121 Å². The van der Waals surface area contributed by atoms with Crippen LogP contribution in [0.1, 0.15) is 37.7 Å². The van der Waals surface area contributed by atoms with Gasteiger partial charge in [0.15, 0.2) is 0 Å². The summed E-state index contributed by atoms with van der Waals surface area (Å²) < 4.78 is 29.7. The molecule has 0 atom stereocenters. The first kappa shape index (κ1) is 15.3. The third-order valence-corrected chi connectivity index (χ3v) is 5.35. The fourth-order valence-electron chi connectivity index (χ4n) is 2.81. The molecule has 3 nitrogen and oxygen atoms in total. The molecule has 20 heavy (non-hydrogen) atoms. The molecule has 4 heteroatoms. The predicted octanol–water partition coefficient (Wildman–Crippen LogP) is 3.84. The van der Waals surface area contributed by atoms with Gasteiger partial charge in [0, 0.05) is 0 Å². The zero-order valence-corrected chi connectivity index (χ0v) is 12.8. The third-order valence-electron chi connectivity index (χ3n) is 4.07. The van der Waals surface area contributed by atoms with Crippen molar-refractivity contribution >= 4 is 10.1 Å². The lowest BCUT2D eigenvalue weighted by Crippen LogP contribution is -2.25. The van der Waals surface area contributed by atoms with Crippen LogP contribution in [0.2, 0.25) is 0 Å². The van der Waals surface area contributed by atoms with E-state index >= 15 is 0 Å². The lowest BCUT2D eigenvalue weighted by Gasteiger charge is -2.26. The van der Waals surface area contributed by atoms with Crippen molar-refractivity contribution in [2.24, 2.45) is 5.41 Å². The topological polar surface area (TPSA) is 43.4 Å². The fourth-order valence-corrected chi connectivity index (χ4v) is 3.82. The van der Waals surface area contributed by atoms with E-state index in [1.807, 2.05) is 13.0 Å². The van der Waals surface area contributed by atoms with Crippen LogP contribution in [0.4, 0.5) is 0 Å². The summed E-state index contributed by atoms with van der Waals surface area (Å²) in [5, 5.41) is 0. The van der Waals surface area contributed by atoms with Gasteiger partial charge in [-0.1, -0.05) is 36.6 Å². The van der Waals surface area contributed by atoms with Gasteiger partial charge in [-0.3, -0.25) is 4.18 Å². The molecule has 0 heterocycles. The molecule has 0 spiro atoms. The van der Waals surface area contributed by atoms with Gasteiger partial charge in [-0.25, -0.2) is 0 Å². The van der Waals surface area contributed by atoms with Crippen LogP contribution in [-0.2, 0) is 14.3 Å². The largest absolute Gasteiger partial charge is 0.296 e. The molecule has 0 aromatic heterocycles. The molecule has 1 aromatic carbocycles. The van der Waals surface area contributed by atoms with Crippen molar-refractivity contribution in [3.63, 3.8) is 0 Å². The maximum Gasteiger partial charge on any atom is 0.296 e.